The first-order chi connectivity index (χ1) is 11.1. The summed E-state index contributed by atoms with van der Waals surface area (Å²) < 4.78 is 39.1. The minimum atomic E-state index is -4.68. The van der Waals surface area contributed by atoms with Crippen molar-refractivity contribution in [3.8, 4) is 0 Å². The van der Waals surface area contributed by atoms with Gasteiger partial charge in [-0.2, -0.15) is 13.2 Å². The average Bonchev–Trinajstić information content (AvgIpc) is 2.46. The Morgan fingerprint density at radius 1 is 1.36 bits per heavy atom. The largest absolute Gasteiger partial charge is 0.480 e. The van der Waals surface area contributed by atoms with Gasteiger partial charge in [-0.25, -0.2) is 0 Å². The first kappa shape index (κ1) is 23.5. The number of hydrogen-bond acceptors (Lipinski definition) is 3. The second kappa shape index (κ2) is 9.84. The molecule has 0 aliphatic rings. The van der Waals surface area contributed by atoms with Gasteiger partial charge in [0.2, 0.25) is 5.91 Å². The number of nitrogens with one attached hydrogen (secondary N) is 1. The third-order valence-electron chi connectivity index (χ3n) is 3.32. The number of benzene rings is 1. The van der Waals surface area contributed by atoms with Crippen molar-refractivity contribution in [2.45, 2.75) is 32.5 Å². The predicted octanol–water partition coefficient (Wildman–Crippen LogP) is 3.90. The number of carboxylic acids is 1. The molecule has 0 aliphatic carbocycles. The molecule has 142 valence electrons. The molecule has 0 radical (unpaired) electrons. The Balaban J connectivity index is 0.00000576. The highest BCUT2D eigenvalue weighted by molar-refractivity contribution is 6.30. The van der Waals surface area contributed by atoms with Crippen molar-refractivity contribution in [2.24, 2.45) is 0 Å². The highest BCUT2D eigenvalue weighted by atomic mass is 35.5. The lowest BCUT2D eigenvalue weighted by molar-refractivity contribution is -0.139. The number of alkyl halides is 3. The van der Waals surface area contributed by atoms with Crippen LogP contribution in [0.15, 0.2) is 18.2 Å². The van der Waals surface area contributed by atoms with Crippen molar-refractivity contribution in [1.29, 1.82) is 0 Å². The Hall–Kier alpha value is -1.51. The Bertz CT molecular complexity index is 612. The van der Waals surface area contributed by atoms with E-state index in [1.165, 1.54) is 17.9 Å². The molecule has 0 saturated heterocycles. The molecule has 1 rings (SSSR count). The molecule has 0 heterocycles. The Kier molecular flexibility index (Phi) is 9.24. The number of amides is 1. The van der Waals surface area contributed by atoms with Gasteiger partial charge in [-0.1, -0.05) is 18.5 Å². The van der Waals surface area contributed by atoms with Gasteiger partial charge in [-0.05, 0) is 38.1 Å². The number of nitrogens with zero attached hydrogens (tertiary/aromatic N) is 1. The zero-order chi connectivity index (χ0) is 18.5. The van der Waals surface area contributed by atoms with Gasteiger partial charge in [0.25, 0.3) is 0 Å². The van der Waals surface area contributed by atoms with E-state index in [0.29, 0.717) is 13.0 Å². The van der Waals surface area contributed by atoms with Crippen molar-refractivity contribution in [3.05, 3.63) is 28.8 Å². The van der Waals surface area contributed by atoms with Crippen LogP contribution in [-0.2, 0) is 15.8 Å². The van der Waals surface area contributed by atoms with Gasteiger partial charge in [-0.3, -0.25) is 14.5 Å². The molecule has 25 heavy (non-hydrogen) atoms. The molecule has 1 aromatic carbocycles. The summed E-state index contributed by atoms with van der Waals surface area (Å²) in [7, 11) is 0. The van der Waals surface area contributed by atoms with Gasteiger partial charge >= 0.3 is 12.1 Å². The van der Waals surface area contributed by atoms with Crippen LogP contribution in [0.3, 0.4) is 0 Å². The predicted molar refractivity (Wildman–Crippen MR) is 91.3 cm³/mol. The topological polar surface area (TPSA) is 69.6 Å². The average molecular weight is 403 g/mol. The molecule has 0 aliphatic heterocycles. The Morgan fingerprint density at radius 2 is 1.96 bits per heavy atom. The number of rotatable bonds is 7. The van der Waals surface area contributed by atoms with E-state index in [4.69, 9.17) is 16.7 Å². The molecular formula is C15H19Cl2F3N2O3. The van der Waals surface area contributed by atoms with Gasteiger partial charge < -0.3 is 10.4 Å². The monoisotopic (exact) mass is 402 g/mol. The van der Waals surface area contributed by atoms with Crippen molar-refractivity contribution >= 4 is 41.6 Å². The zero-order valence-electron chi connectivity index (χ0n) is 13.6. The number of carboxylic acid groups (broad SMARTS) is 1. The van der Waals surface area contributed by atoms with E-state index in [2.05, 4.69) is 5.32 Å². The molecule has 1 aromatic rings. The molecule has 1 amide bonds. The van der Waals surface area contributed by atoms with Gasteiger partial charge in [0, 0.05) is 5.02 Å². The van der Waals surface area contributed by atoms with Crippen LogP contribution in [0.5, 0.6) is 0 Å². The van der Waals surface area contributed by atoms with Gasteiger partial charge in [0.05, 0.1) is 23.8 Å². The van der Waals surface area contributed by atoms with Crippen LogP contribution in [0.2, 0.25) is 5.02 Å². The van der Waals surface area contributed by atoms with E-state index in [1.54, 1.807) is 6.92 Å². The van der Waals surface area contributed by atoms with Gasteiger partial charge in [0.1, 0.15) is 0 Å². The number of hydrogen-bond donors (Lipinski definition) is 2. The fourth-order valence-electron chi connectivity index (χ4n) is 2.13. The first-order valence-corrected chi connectivity index (χ1v) is 7.57. The van der Waals surface area contributed by atoms with E-state index in [-0.39, 0.29) is 24.0 Å². The minimum absolute atomic E-state index is 0. The summed E-state index contributed by atoms with van der Waals surface area (Å²) in [5, 5.41) is 11.0. The molecule has 2 N–H and O–H groups in total. The lowest BCUT2D eigenvalue weighted by Gasteiger charge is -2.26. The van der Waals surface area contributed by atoms with Crippen LogP contribution in [0.25, 0.3) is 0 Å². The number of anilines is 1. The molecule has 5 nitrogen and oxygen atoms in total. The maximum Gasteiger partial charge on any atom is 0.418 e. The number of carbonyl (C=O) groups is 2. The summed E-state index contributed by atoms with van der Waals surface area (Å²) in [5.41, 5.74) is -1.48. The van der Waals surface area contributed by atoms with Crippen molar-refractivity contribution in [1.82, 2.24) is 4.90 Å². The van der Waals surface area contributed by atoms with Crippen LogP contribution in [0.4, 0.5) is 18.9 Å². The van der Waals surface area contributed by atoms with Crippen LogP contribution in [0.1, 0.15) is 25.8 Å². The van der Waals surface area contributed by atoms with E-state index in [9.17, 15) is 22.8 Å². The molecule has 1 atom stereocenters. The Morgan fingerprint density at radius 3 is 2.44 bits per heavy atom. The fraction of sp³-hybridized carbons (Fsp3) is 0.467. The maximum absolute atomic E-state index is 13.0. The quantitative estimate of drug-likeness (QED) is 0.725. The second-order valence-corrected chi connectivity index (χ2v) is 5.65. The van der Waals surface area contributed by atoms with Gasteiger partial charge in [0.15, 0.2) is 0 Å². The summed E-state index contributed by atoms with van der Waals surface area (Å²) >= 11 is 5.58. The maximum atomic E-state index is 13.0. The summed E-state index contributed by atoms with van der Waals surface area (Å²) in [5.74, 6) is -1.84. The highest BCUT2D eigenvalue weighted by Gasteiger charge is 2.35. The number of halogens is 5. The SMILES string of the molecule is CCCN(CC(=O)O)C(C)C(=O)Nc1ccc(Cl)cc1C(F)(F)F.Cl. The van der Waals surface area contributed by atoms with E-state index < -0.39 is 35.3 Å². The summed E-state index contributed by atoms with van der Waals surface area (Å²) in [6, 6.07) is 2.12. The third-order valence-corrected chi connectivity index (χ3v) is 3.56. The van der Waals surface area contributed by atoms with Crippen molar-refractivity contribution in [3.63, 3.8) is 0 Å². The first-order valence-electron chi connectivity index (χ1n) is 7.19. The van der Waals surface area contributed by atoms with E-state index in [1.807, 2.05) is 0 Å². The van der Waals surface area contributed by atoms with Crippen LogP contribution >= 0.6 is 24.0 Å². The zero-order valence-corrected chi connectivity index (χ0v) is 15.1. The van der Waals surface area contributed by atoms with Gasteiger partial charge in [-0.15, -0.1) is 12.4 Å². The standard InChI is InChI=1S/C15H18ClF3N2O3.ClH/c1-3-6-21(8-13(22)23)9(2)14(24)20-12-5-4-10(16)7-11(12)15(17,18)19;/h4-5,7,9H,3,6,8H2,1-2H3,(H,20,24)(H,22,23);1H. The number of aliphatic carboxylic acids is 1. The van der Waals surface area contributed by atoms with E-state index >= 15 is 0 Å². The fourth-order valence-corrected chi connectivity index (χ4v) is 2.31. The molecular weight excluding hydrogens is 384 g/mol. The smallest absolute Gasteiger partial charge is 0.418 e. The molecule has 0 saturated carbocycles. The van der Waals surface area contributed by atoms with Crippen LogP contribution in [0, 0.1) is 0 Å². The van der Waals surface area contributed by atoms with Crippen LogP contribution in [-0.4, -0.2) is 41.0 Å². The summed E-state index contributed by atoms with van der Waals surface area (Å²) in [4.78, 5) is 24.5. The normalized spacial score (nSPS) is 12.4. The molecule has 0 spiro atoms. The molecule has 10 heteroatoms. The van der Waals surface area contributed by atoms with Crippen LogP contribution < -0.4 is 5.32 Å². The highest BCUT2D eigenvalue weighted by Crippen LogP contribution is 2.36. The lowest BCUT2D eigenvalue weighted by Crippen LogP contribution is -2.45. The second-order valence-electron chi connectivity index (χ2n) is 5.22. The Labute approximate surface area is 154 Å². The minimum Gasteiger partial charge on any atom is -0.480 e. The summed E-state index contributed by atoms with van der Waals surface area (Å²) in [6.45, 7) is 3.19. The molecule has 0 fully saturated rings. The third kappa shape index (κ3) is 7.09. The summed E-state index contributed by atoms with van der Waals surface area (Å²) in [6.07, 6.45) is -4.08. The molecule has 0 aromatic heterocycles. The van der Waals surface area contributed by atoms with Crippen molar-refractivity contribution < 1.29 is 27.9 Å². The van der Waals surface area contributed by atoms with E-state index in [0.717, 1.165) is 12.1 Å². The lowest BCUT2D eigenvalue weighted by atomic mass is 10.1. The van der Waals surface area contributed by atoms with Crippen molar-refractivity contribution in [2.75, 3.05) is 18.4 Å². The molecule has 0 bridgehead atoms. The number of carbonyl (C=O) groups excluding carboxylic acids is 1. The molecule has 1 unspecified atom stereocenters.